The van der Waals surface area contributed by atoms with E-state index >= 15 is 0 Å². The van der Waals surface area contributed by atoms with Gasteiger partial charge >= 0.3 is 0 Å². The quantitative estimate of drug-likeness (QED) is 0.851. The van der Waals surface area contributed by atoms with Crippen molar-refractivity contribution in [3.05, 3.63) is 40.9 Å². The van der Waals surface area contributed by atoms with Gasteiger partial charge in [0.05, 0.1) is 6.61 Å². The van der Waals surface area contributed by atoms with Crippen molar-refractivity contribution in [1.82, 2.24) is 5.32 Å². The van der Waals surface area contributed by atoms with Crippen LogP contribution in [0.5, 0.6) is 5.75 Å². The molecule has 1 atom stereocenters. The number of halogens is 1. The van der Waals surface area contributed by atoms with Crippen LogP contribution in [0.1, 0.15) is 18.0 Å². The fourth-order valence-corrected chi connectivity index (χ4v) is 2.18. The lowest BCUT2D eigenvalue weighted by Gasteiger charge is -2.26. The van der Waals surface area contributed by atoms with Crippen LogP contribution in [-0.2, 0) is 0 Å². The van der Waals surface area contributed by atoms with Crippen molar-refractivity contribution in [1.29, 1.82) is 0 Å². The molecule has 1 aliphatic heterocycles. The zero-order valence-electron chi connectivity index (χ0n) is 8.50. The highest BCUT2D eigenvalue weighted by Gasteiger charge is 2.20. The van der Waals surface area contributed by atoms with Gasteiger partial charge in [-0.15, -0.1) is 6.58 Å². The zero-order valence-corrected chi connectivity index (χ0v) is 10.1. The fourth-order valence-electron chi connectivity index (χ4n) is 1.80. The van der Waals surface area contributed by atoms with Gasteiger partial charge in [0.15, 0.2) is 0 Å². The van der Waals surface area contributed by atoms with Crippen molar-refractivity contribution in [3.8, 4) is 5.75 Å². The van der Waals surface area contributed by atoms with Gasteiger partial charge in [0.25, 0.3) is 0 Å². The summed E-state index contributed by atoms with van der Waals surface area (Å²) in [5.74, 6) is 0.992. The van der Waals surface area contributed by atoms with E-state index in [-0.39, 0.29) is 0 Å². The summed E-state index contributed by atoms with van der Waals surface area (Å²) in [5, 5.41) is 3.44. The molecule has 80 valence electrons. The van der Waals surface area contributed by atoms with Gasteiger partial charge in [0, 0.05) is 29.0 Å². The highest BCUT2D eigenvalue weighted by molar-refractivity contribution is 9.10. The first kappa shape index (κ1) is 10.7. The Balaban J connectivity index is 2.24. The summed E-state index contributed by atoms with van der Waals surface area (Å²) >= 11 is 3.48. The predicted molar refractivity (Wildman–Crippen MR) is 65.2 cm³/mol. The minimum absolute atomic E-state index is 0.379. The summed E-state index contributed by atoms with van der Waals surface area (Å²) in [5.41, 5.74) is 1.23. The molecule has 1 aliphatic rings. The fraction of sp³-hybridized carbons (Fsp3) is 0.333. The minimum atomic E-state index is 0.379. The monoisotopic (exact) mass is 267 g/mol. The van der Waals surface area contributed by atoms with E-state index in [9.17, 15) is 0 Å². The minimum Gasteiger partial charge on any atom is -0.493 e. The number of fused-ring (bicyclic) bond motifs is 1. The van der Waals surface area contributed by atoms with Gasteiger partial charge in [-0.25, -0.2) is 0 Å². The number of nitrogens with one attached hydrogen (secondary N) is 1. The Morgan fingerprint density at radius 3 is 3.27 bits per heavy atom. The van der Waals surface area contributed by atoms with Gasteiger partial charge in [-0.2, -0.15) is 0 Å². The van der Waals surface area contributed by atoms with Crippen LogP contribution in [0.2, 0.25) is 0 Å². The summed E-state index contributed by atoms with van der Waals surface area (Å²) < 4.78 is 6.70. The summed E-state index contributed by atoms with van der Waals surface area (Å²) in [6.45, 7) is 5.33. The summed E-state index contributed by atoms with van der Waals surface area (Å²) in [6.07, 6.45) is 2.89. The Bertz CT molecular complexity index is 365. The highest BCUT2D eigenvalue weighted by atomic mass is 79.9. The topological polar surface area (TPSA) is 21.3 Å². The second kappa shape index (κ2) is 4.81. The van der Waals surface area contributed by atoms with E-state index in [1.807, 2.05) is 18.2 Å². The third kappa shape index (κ3) is 2.41. The molecule has 2 rings (SSSR count). The molecule has 0 amide bonds. The van der Waals surface area contributed by atoms with Crippen molar-refractivity contribution < 1.29 is 4.74 Å². The third-order valence-corrected chi connectivity index (χ3v) is 3.01. The van der Waals surface area contributed by atoms with Crippen LogP contribution in [-0.4, -0.2) is 13.2 Å². The lowest BCUT2D eigenvalue weighted by molar-refractivity contribution is 0.255. The second-order valence-electron chi connectivity index (χ2n) is 3.57. The van der Waals surface area contributed by atoms with Gasteiger partial charge in [-0.1, -0.05) is 22.0 Å². The number of hydrogen-bond acceptors (Lipinski definition) is 2. The van der Waals surface area contributed by atoms with Crippen molar-refractivity contribution in [2.24, 2.45) is 0 Å². The van der Waals surface area contributed by atoms with Gasteiger partial charge in [-0.05, 0) is 18.2 Å². The van der Waals surface area contributed by atoms with E-state index < -0.39 is 0 Å². The standard InChI is InChI=1S/C12H14BrNO/c1-2-6-14-11-5-7-15-12-4-3-9(13)8-10(11)12/h2-4,8,11,14H,1,5-7H2. The summed E-state index contributed by atoms with van der Waals surface area (Å²) in [4.78, 5) is 0. The molecule has 1 N–H and O–H groups in total. The van der Waals surface area contributed by atoms with Crippen molar-refractivity contribution in [2.75, 3.05) is 13.2 Å². The van der Waals surface area contributed by atoms with E-state index in [0.29, 0.717) is 6.04 Å². The number of hydrogen-bond donors (Lipinski definition) is 1. The molecule has 3 heteroatoms. The van der Waals surface area contributed by atoms with E-state index in [4.69, 9.17) is 4.74 Å². The second-order valence-corrected chi connectivity index (χ2v) is 4.48. The average Bonchev–Trinajstić information content (AvgIpc) is 2.26. The molecule has 1 unspecified atom stereocenters. The molecule has 0 fully saturated rings. The van der Waals surface area contributed by atoms with Crippen LogP contribution >= 0.6 is 15.9 Å². The summed E-state index contributed by atoms with van der Waals surface area (Å²) in [6, 6.07) is 6.52. The first-order chi connectivity index (χ1) is 7.31. The lowest BCUT2D eigenvalue weighted by Crippen LogP contribution is -2.27. The molecular formula is C12H14BrNO. The Labute approximate surface area is 98.5 Å². The average molecular weight is 268 g/mol. The summed E-state index contributed by atoms with van der Waals surface area (Å²) in [7, 11) is 0. The van der Waals surface area contributed by atoms with Crippen molar-refractivity contribution >= 4 is 15.9 Å². The van der Waals surface area contributed by atoms with E-state index in [1.54, 1.807) is 0 Å². The molecule has 0 bridgehead atoms. The Hall–Kier alpha value is -0.800. The molecule has 0 saturated carbocycles. The number of rotatable bonds is 3. The Kier molecular flexibility index (Phi) is 3.44. The maximum atomic E-state index is 5.60. The van der Waals surface area contributed by atoms with Crippen molar-refractivity contribution in [2.45, 2.75) is 12.5 Å². The predicted octanol–water partition coefficient (Wildman–Crippen LogP) is 3.05. The highest BCUT2D eigenvalue weighted by Crippen LogP contribution is 2.33. The van der Waals surface area contributed by atoms with Gasteiger partial charge in [0.1, 0.15) is 5.75 Å². The van der Waals surface area contributed by atoms with Crippen LogP contribution in [0.4, 0.5) is 0 Å². The van der Waals surface area contributed by atoms with Gasteiger partial charge in [0.2, 0.25) is 0 Å². The van der Waals surface area contributed by atoms with E-state index in [2.05, 4.69) is 33.9 Å². The molecule has 0 aromatic heterocycles. The normalized spacial score (nSPS) is 19.1. The molecule has 0 spiro atoms. The van der Waals surface area contributed by atoms with Crippen LogP contribution in [0.15, 0.2) is 35.3 Å². The molecule has 0 aliphatic carbocycles. The van der Waals surface area contributed by atoms with E-state index in [1.165, 1.54) is 5.56 Å². The SMILES string of the molecule is C=CCNC1CCOc2ccc(Br)cc21. The number of benzene rings is 1. The third-order valence-electron chi connectivity index (χ3n) is 2.52. The molecule has 1 aromatic carbocycles. The van der Waals surface area contributed by atoms with Crippen LogP contribution < -0.4 is 10.1 Å². The maximum Gasteiger partial charge on any atom is 0.124 e. The van der Waals surface area contributed by atoms with Crippen molar-refractivity contribution in [3.63, 3.8) is 0 Å². The molecule has 1 heterocycles. The molecule has 0 saturated heterocycles. The Morgan fingerprint density at radius 1 is 1.60 bits per heavy atom. The largest absolute Gasteiger partial charge is 0.493 e. The lowest BCUT2D eigenvalue weighted by atomic mass is 10.0. The zero-order chi connectivity index (χ0) is 10.7. The first-order valence-electron chi connectivity index (χ1n) is 5.08. The number of ether oxygens (including phenoxy) is 1. The smallest absolute Gasteiger partial charge is 0.124 e. The molecular weight excluding hydrogens is 254 g/mol. The first-order valence-corrected chi connectivity index (χ1v) is 5.87. The Morgan fingerprint density at radius 2 is 2.47 bits per heavy atom. The van der Waals surface area contributed by atoms with Crippen LogP contribution in [0.3, 0.4) is 0 Å². The van der Waals surface area contributed by atoms with Gasteiger partial charge < -0.3 is 10.1 Å². The molecule has 15 heavy (non-hydrogen) atoms. The van der Waals surface area contributed by atoms with Gasteiger partial charge in [-0.3, -0.25) is 0 Å². The molecule has 0 radical (unpaired) electrons. The van der Waals surface area contributed by atoms with Crippen LogP contribution in [0, 0.1) is 0 Å². The molecule has 1 aromatic rings. The van der Waals surface area contributed by atoms with E-state index in [0.717, 1.165) is 29.8 Å². The molecule has 2 nitrogen and oxygen atoms in total. The maximum absolute atomic E-state index is 5.60. The van der Waals surface area contributed by atoms with Crippen LogP contribution in [0.25, 0.3) is 0 Å².